The number of hydrogen-bond donors (Lipinski definition) is 1. The molecule has 3 aromatic rings. The largest absolute Gasteiger partial charge is 0.478 e. The second kappa shape index (κ2) is 5.02. The third-order valence-corrected chi connectivity index (χ3v) is 3.70. The number of aromatic carboxylic acids is 1. The molecular weight excluding hydrogens is 274 g/mol. The zero-order chi connectivity index (χ0) is 14.1. The number of para-hydroxylation sites is 1. The zero-order valence-corrected chi connectivity index (χ0v) is 11.3. The SMILES string of the molecule is O=C(O)c1c(Cl)n(Cc2ccccc2)c2ccccc12. The summed E-state index contributed by atoms with van der Waals surface area (Å²) in [6, 6.07) is 17.2. The van der Waals surface area contributed by atoms with Crippen LogP contribution in [0.4, 0.5) is 0 Å². The van der Waals surface area contributed by atoms with Crippen LogP contribution in [0.2, 0.25) is 5.15 Å². The number of nitrogens with zero attached hydrogens (tertiary/aromatic N) is 1. The number of aromatic nitrogens is 1. The van der Waals surface area contributed by atoms with E-state index in [1.807, 2.05) is 53.1 Å². The number of carboxylic acid groups (broad SMARTS) is 1. The van der Waals surface area contributed by atoms with E-state index in [4.69, 9.17) is 11.6 Å². The van der Waals surface area contributed by atoms with Crippen LogP contribution in [0.5, 0.6) is 0 Å². The van der Waals surface area contributed by atoms with Crippen molar-refractivity contribution in [2.24, 2.45) is 0 Å². The van der Waals surface area contributed by atoms with Crippen LogP contribution in [0.15, 0.2) is 54.6 Å². The van der Waals surface area contributed by atoms with Gasteiger partial charge in [-0.25, -0.2) is 4.79 Å². The van der Waals surface area contributed by atoms with Gasteiger partial charge in [-0.1, -0.05) is 60.1 Å². The maximum atomic E-state index is 11.4. The fraction of sp³-hybridized carbons (Fsp3) is 0.0625. The van der Waals surface area contributed by atoms with Gasteiger partial charge in [0.05, 0.1) is 5.52 Å². The lowest BCUT2D eigenvalue weighted by Crippen LogP contribution is -2.01. The molecule has 0 fully saturated rings. The molecule has 0 bridgehead atoms. The first-order valence-corrected chi connectivity index (χ1v) is 6.60. The summed E-state index contributed by atoms with van der Waals surface area (Å²) in [4.78, 5) is 11.4. The van der Waals surface area contributed by atoms with Crippen LogP contribution in [0.1, 0.15) is 15.9 Å². The van der Waals surface area contributed by atoms with Gasteiger partial charge in [-0.15, -0.1) is 0 Å². The average Bonchev–Trinajstić information content (AvgIpc) is 2.73. The molecule has 1 heterocycles. The summed E-state index contributed by atoms with van der Waals surface area (Å²) < 4.78 is 1.83. The molecule has 0 radical (unpaired) electrons. The standard InChI is InChI=1S/C16H12ClNO2/c17-15-14(16(19)20)12-8-4-5-9-13(12)18(15)10-11-6-2-1-3-7-11/h1-9H,10H2,(H,19,20). The van der Waals surface area contributed by atoms with Gasteiger partial charge in [0.2, 0.25) is 0 Å². The van der Waals surface area contributed by atoms with Crippen LogP contribution in [0.3, 0.4) is 0 Å². The predicted molar refractivity (Wildman–Crippen MR) is 79.5 cm³/mol. The van der Waals surface area contributed by atoms with Crippen molar-refractivity contribution in [3.05, 3.63) is 70.9 Å². The van der Waals surface area contributed by atoms with Gasteiger partial charge in [-0.05, 0) is 11.6 Å². The summed E-state index contributed by atoms with van der Waals surface area (Å²) in [5.74, 6) is -1.00. The van der Waals surface area contributed by atoms with E-state index in [0.29, 0.717) is 11.9 Å². The molecule has 0 atom stereocenters. The van der Waals surface area contributed by atoms with E-state index < -0.39 is 5.97 Å². The van der Waals surface area contributed by atoms with Crippen molar-refractivity contribution in [2.75, 3.05) is 0 Å². The molecule has 0 aliphatic heterocycles. The number of carbonyl (C=O) groups is 1. The molecule has 0 aliphatic carbocycles. The lowest BCUT2D eigenvalue weighted by molar-refractivity contribution is 0.0699. The van der Waals surface area contributed by atoms with Gasteiger partial charge in [0, 0.05) is 11.9 Å². The molecule has 0 aliphatic rings. The molecule has 0 spiro atoms. The van der Waals surface area contributed by atoms with E-state index in [9.17, 15) is 9.90 Å². The van der Waals surface area contributed by atoms with E-state index in [2.05, 4.69) is 0 Å². The maximum absolute atomic E-state index is 11.4. The van der Waals surface area contributed by atoms with Gasteiger partial charge >= 0.3 is 5.97 Å². The topological polar surface area (TPSA) is 42.2 Å². The van der Waals surface area contributed by atoms with Crippen molar-refractivity contribution in [3.8, 4) is 0 Å². The fourth-order valence-electron chi connectivity index (χ4n) is 2.40. The van der Waals surface area contributed by atoms with Crippen molar-refractivity contribution in [2.45, 2.75) is 6.54 Å². The van der Waals surface area contributed by atoms with Crippen LogP contribution in [-0.4, -0.2) is 15.6 Å². The van der Waals surface area contributed by atoms with Gasteiger partial charge in [0.1, 0.15) is 10.7 Å². The van der Waals surface area contributed by atoms with E-state index in [-0.39, 0.29) is 10.7 Å². The third-order valence-electron chi connectivity index (χ3n) is 3.30. The quantitative estimate of drug-likeness (QED) is 0.789. The summed E-state index contributed by atoms with van der Waals surface area (Å²) >= 11 is 6.28. The second-order valence-corrected chi connectivity index (χ2v) is 4.92. The summed E-state index contributed by atoms with van der Waals surface area (Å²) in [7, 11) is 0. The maximum Gasteiger partial charge on any atom is 0.339 e. The van der Waals surface area contributed by atoms with Crippen molar-refractivity contribution in [1.29, 1.82) is 0 Å². The number of halogens is 1. The average molecular weight is 286 g/mol. The first-order valence-electron chi connectivity index (χ1n) is 6.22. The Bertz CT molecular complexity index is 778. The Labute approximate surface area is 121 Å². The molecule has 3 rings (SSSR count). The van der Waals surface area contributed by atoms with Gasteiger partial charge in [0.25, 0.3) is 0 Å². The molecule has 20 heavy (non-hydrogen) atoms. The summed E-state index contributed by atoms with van der Waals surface area (Å²) in [6.07, 6.45) is 0. The molecule has 4 heteroatoms. The van der Waals surface area contributed by atoms with Crippen molar-refractivity contribution < 1.29 is 9.90 Å². The Morgan fingerprint density at radius 1 is 1.05 bits per heavy atom. The van der Waals surface area contributed by atoms with Crippen LogP contribution < -0.4 is 0 Å². The zero-order valence-electron chi connectivity index (χ0n) is 10.6. The molecule has 1 N–H and O–H groups in total. The number of hydrogen-bond acceptors (Lipinski definition) is 1. The molecule has 0 unspecified atom stereocenters. The van der Waals surface area contributed by atoms with Crippen LogP contribution >= 0.6 is 11.6 Å². The second-order valence-electron chi connectivity index (χ2n) is 4.56. The van der Waals surface area contributed by atoms with Gasteiger partial charge < -0.3 is 9.67 Å². The first-order chi connectivity index (χ1) is 9.68. The third kappa shape index (κ3) is 2.06. The van der Waals surface area contributed by atoms with Crippen molar-refractivity contribution >= 4 is 28.5 Å². The highest BCUT2D eigenvalue weighted by Gasteiger charge is 2.20. The van der Waals surface area contributed by atoms with Gasteiger partial charge in [-0.3, -0.25) is 0 Å². The molecule has 0 amide bonds. The highest BCUT2D eigenvalue weighted by atomic mass is 35.5. The lowest BCUT2D eigenvalue weighted by atomic mass is 10.2. The molecule has 2 aromatic carbocycles. The Balaban J connectivity index is 2.20. The highest BCUT2D eigenvalue weighted by Crippen LogP contribution is 2.30. The smallest absolute Gasteiger partial charge is 0.339 e. The van der Waals surface area contributed by atoms with E-state index in [1.165, 1.54) is 0 Å². The molecule has 3 nitrogen and oxygen atoms in total. The summed E-state index contributed by atoms with van der Waals surface area (Å²) in [5, 5.41) is 10.3. The Kier molecular flexibility index (Phi) is 3.20. The molecule has 1 aromatic heterocycles. The van der Waals surface area contributed by atoms with Crippen molar-refractivity contribution in [1.82, 2.24) is 4.57 Å². The van der Waals surface area contributed by atoms with Gasteiger partial charge in [0.15, 0.2) is 0 Å². The number of carboxylic acids is 1. The summed E-state index contributed by atoms with van der Waals surface area (Å²) in [6.45, 7) is 0.549. The van der Waals surface area contributed by atoms with Crippen LogP contribution in [0.25, 0.3) is 10.9 Å². The monoisotopic (exact) mass is 285 g/mol. The molecule has 0 saturated carbocycles. The fourth-order valence-corrected chi connectivity index (χ4v) is 2.73. The van der Waals surface area contributed by atoms with Crippen molar-refractivity contribution in [3.63, 3.8) is 0 Å². The highest BCUT2D eigenvalue weighted by molar-refractivity contribution is 6.35. The minimum Gasteiger partial charge on any atom is -0.478 e. The molecule has 100 valence electrons. The van der Waals surface area contributed by atoms with E-state index in [0.717, 1.165) is 11.1 Å². The van der Waals surface area contributed by atoms with E-state index >= 15 is 0 Å². The van der Waals surface area contributed by atoms with Crippen LogP contribution in [0, 0.1) is 0 Å². The first kappa shape index (κ1) is 12.8. The Morgan fingerprint density at radius 3 is 2.40 bits per heavy atom. The Hall–Kier alpha value is -2.26. The Morgan fingerprint density at radius 2 is 1.70 bits per heavy atom. The number of fused-ring (bicyclic) bond motifs is 1. The predicted octanol–water partition coefficient (Wildman–Crippen LogP) is 4.04. The molecule has 0 saturated heterocycles. The summed E-state index contributed by atoms with van der Waals surface area (Å²) in [5.41, 5.74) is 2.07. The minimum absolute atomic E-state index is 0.165. The molecular formula is C16H12ClNO2. The number of rotatable bonds is 3. The van der Waals surface area contributed by atoms with Gasteiger partial charge in [-0.2, -0.15) is 0 Å². The normalized spacial score (nSPS) is 10.8. The van der Waals surface area contributed by atoms with Crippen LogP contribution in [-0.2, 0) is 6.54 Å². The minimum atomic E-state index is -1.00. The van der Waals surface area contributed by atoms with E-state index in [1.54, 1.807) is 6.07 Å². The number of benzene rings is 2. The lowest BCUT2D eigenvalue weighted by Gasteiger charge is -2.07.